The van der Waals surface area contributed by atoms with Gasteiger partial charge in [-0.3, -0.25) is 19.2 Å². The molecule has 0 heterocycles. The number of aromatic hydroxyl groups is 1. The second kappa shape index (κ2) is 12.4. The number of hydrogen-bond acceptors (Lipinski definition) is 9. The maximum atomic E-state index is 14.5. The van der Waals surface area contributed by atoms with E-state index in [1.165, 1.54) is 6.07 Å². The van der Waals surface area contributed by atoms with Crippen LogP contribution in [0.4, 0.5) is 0 Å². The molecule has 0 aromatic heterocycles. The minimum Gasteiger partial charge on any atom is -0.508 e. The van der Waals surface area contributed by atoms with Crippen LogP contribution in [0.15, 0.2) is 35.1 Å². The molecule has 9 heteroatoms. The van der Waals surface area contributed by atoms with Gasteiger partial charge in [-0.05, 0) is 48.6 Å². The van der Waals surface area contributed by atoms with Crippen LogP contribution < -0.4 is 0 Å². The quantitative estimate of drug-likeness (QED) is 0.194. The Labute approximate surface area is 263 Å². The number of carbonyl (C=O) groups is 4. The number of Topliss-reactive ketones (excluding diaryl/α,β-unsaturated/α-hetero) is 3. The van der Waals surface area contributed by atoms with E-state index in [2.05, 4.69) is 0 Å². The summed E-state index contributed by atoms with van der Waals surface area (Å²) >= 11 is 0. The van der Waals surface area contributed by atoms with E-state index in [1.807, 2.05) is 0 Å². The molecule has 0 bridgehead atoms. The number of ketones is 3. The third-order valence-electron chi connectivity index (χ3n) is 11.3. The van der Waals surface area contributed by atoms with Gasteiger partial charge in [0.2, 0.25) is 5.78 Å². The molecule has 0 saturated heterocycles. The van der Waals surface area contributed by atoms with E-state index >= 15 is 0 Å². The fraction of sp³-hybridized carbons (Fsp3) is 0.611. The minimum absolute atomic E-state index is 0.0000459. The number of fused-ring (bicyclic) bond motifs is 3. The molecule has 0 amide bonds. The predicted octanol–water partition coefficient (Wildman–Crippen LogP) is 5.92. The third-order valence-corrected chi connectivity index (χ3v) is 11.3. The number of hydrogen-bond donors (Lipinski definition) is 4. The van der Waals surface area contributed by atoms with Crippen molar-refractivity contribution in [2.75, 3.05) is 0 Å². The lowest BCUT2D eigenvalue weighted by Gasteiger charge is -2.52. The number of aliphatic hydroxyl groups excluding tert-OH is 2. The van der Waals surface area contributed by atoms with Crippen LogP contribution in [-0.2, 0) is 23.9 Å². The molecule has 6 rings (SSSR count). The van der Waals surface area contributed by atoms with Gasteiger partial charge in [-0.2, -0.15) is 0 Å². The first-order valence-electron chi connectivity index (χ1n) is 16.8. The van der Waals surface area contributed by atoms with Crippen LogP contribution in [0.3, 0.4) is 0 Å². The van der Waals surface area contributed by atoms with Gasteiger partial charge in [-0.15, -0.1) is 0 Å². The van der Waals surface area contributed by atoms with Crippen molar-refractivity contribution < 1.29 is 44.3 Å². The lowest BCUT2D eigenvalue weighted by molar-refractivity contribution is -0.178. The van der Waals surface area contributed by atoms with Crippen molar-refractivity contribution in [2.24, 2.45) is 23.7 Å². The standard InChI is InChI=1S/C36H44O9/c1-2-27(40)45-33-23-18-26(39)30(25(38)17-15-20-10-5-6-11-20)34(42)36(23,44)35(43)31-29(33)22(16-14-19-8-3-4-9-19)21-12-7-13-24(37)28(21)32(31)41/h7,12-13,19-20,22-23,29,33,37,41-42,44H,2-6,8-11,14-18H2,1H3. The maximum absolute atomic E-state index is 14.5. The molecular weight excluding hydrogens is 576 g/mol. The van der Waals surface area contributed by atoms with Crippen LogP contribution in [0.5, 0.6) is 5.75 Å². The van der Waals surface area contributed by atoms with Crippen LogP contribution in [0, 0.1) is 23.7 Å². The molecule has 0 spiro atoms. The zero-order valence-electron chi connectivity index (χ0n) is 25.9. The summed E-state index contributed by atoms with van der Waals surface area (Å²) in [5, 5.41) is 46.3. The molecule has 3 fully saturated rings. The first kappa shape index (κ1) is 31.5. The second-order valence-electron chi connectivity index (χ2n) is 13.8. The molecule has 0 aliphatic heterocycles. The Hall–Kier alpha value is -3.46. The van der Waals surface area contributed by atoms with Gasteiger partial charge in [0.15, 0.2) is 17.2 Å². The highest BCUT2D eigenvalue weighted by Crippen LogP contribution is 2.58. The molecule has 45 heavy (non-hydrogen) atoms. The van der Waals surface area contributed by atoms with Crippen LogP contribution in [0.25, 0.3) is 5.76 Å². The molecule has 5 aliphatic carbocycles. The molecule has 242 valence electrons. The zero-order valence-corrected chi connectivity index (χ0v) is 25.9. The van der Waals surface area contributed by atoms with Crippen molar-refractivity contribution in [3.63, 3.8) is 0 Å². The van der Waals surface area contributed by atoms with Crippen molar-refractivity contribution in [3.8, 4) is 5.75 Å². The number of ether oxygens (including phenoxy) is 1. The molecule has 5 atom stereocenters. The number of aliphatic hydroxyl groups is 3. The second-order valence-corrected chi connectivity index (χ2v) is 13.8. The molecule has 5 unspecified atom stereocenters. The summed E-state index contributed by atoms with van der Waals surface area (Å²) in [5.74, 6) is -6.80. The summed E-state index contributed by atoms with van der Waals surface area (Å²) < 4.78 is 5.97. The molecule has 1 aromatic rings. The molecule has 4 N–H and O–H groups in total. The summed E-state index contributed by atoms with van der Waals surface area (Å²) in [6.45, 7) is 1.60. The Morgan fingerprint density at radius 2 is 1.58 bits per heavy atom. The number of esters is 1. The van der Waals surface area contributed by atoms with Crippen LogP contribution in [0.2, 0.25) is 0 Å². The summed E-state index contributed by atoms with van der Waals surface area (Å²) in [7, 11) is 0. The third kappa shape index (κ3) is 5.30. The zero-order chi connectivity index (χ0) is 32.0. The monoisotopic (exact) mass is 620 g/mol. The highest BCUT2D eigenvalue weighted by atomic mass is 16.5. The molecular formula is C36H44O9. The van der Waals surface area contributed by atoms with E-state index < -0.39 is 76.3 Å². The van der Waals surface area contributed by atoms with Crippen LogP contribution in [-0.4, -0.2) is 55.5 Å². The Bertz CT molecular complexity index is 1460. The normalized spacial score (nSPS) is 30.4. The molecule has 9 nitrogen and oxygen atoms in total. The summed E-state index contributed by atoms with van der Waals surface area (Å²) in [6, 6.07) is 4.84. The molecule has 0 radical (unpaired) electrons. The number of carbonyl (C=O) groups excluding carboxylic acids is 4. The number of phenolic OH excluding ortho intramolecular Hbond substituents is 1. The van der Waals surface area contributed by atoms with Crippen molar-refractivity contribution in [2.45, 2.75) is 114 Å². The highest BCUT2D eigenvalue weighted by Gasteiger charge is 2.66. The Morgan fingerprint density at radius 1 is 0.933 bits per heavy atom. The van der Waals surface area contributed by atoms with Crippen LogP contribution >= 0.6 is 0 Å². The smallest absolute Gasteiger partial charge is 0.305 e. The number of phenols is 1. The SMILES string of the molecule is CCC(=O)OC1C2C(=C(O)c3c(O)cccc3C2CCC2CCCC2)C(=O)C2(O)C(O)=C(C(=O)CCC3CCCC3)C(=O)CC12. The maximum Gasteiger partial charge on any atom is 0.305 e. The van der Waals surface area contributed by atoms with Gasteiger partial charge in [0.25, 0.3) is 0 Å². The van der Waals surface area contributed by atoms with Crippen molar-refractivity contribution in [1.29, 1.82) is 0 Å². The fourth-order valence-electron chi connectivity index (χ4n) is 8.98. The highest BCUT2D eigenvalue weighted by molar-refractivity contribution is 6.24. The average molecular weight is 621 g/mol. The van der Waals surface area contributed by atoms with Gasteiger partial charge >= 0.3 is 5.97 Å². The minimum atomic E-state index is -2.78. The number of allylic oxidation sites excluding steroid dienone is 1. The van der Waals surface area contributed by atoms with Gasteiger partial charge in [-0.1, -0.05) is 70.4 Å². The summed E-state index contributed by atoms with van der Waals surface area (Å²) in [4.78, 5) is 54.4. The van der Waals surface area contributed by atoms with Gasteiger partial charge in [0.1, 0.15) is 28.9 Å². The molecule has 1 aromatic carbocycles. The largest absolute Gasteiger partial charge is 0.508 e. The van der Waals surface area contributed by atoms with Crippen molar-refractivity contribution >= 4 is 29.1 Å². The van der Waals surface area contributed by atoms with Crippen molar-refractivity contribution in [1.82, 2.24) is 0 Å². The van der Waals surface area contributed by atoms with E-state index in [0.29, 0.717) is 30.2 Å². The Kier molecular flexibility index (Phi) is 8.67. The topological polar surface area (TPSA) is 158 Å². The summed E-state index contributed by atoms with van der Waals surface area (Å²) in [6.07, 6.45) is 8.75. The summed E-state index contributed by atoms with van der Waals surface area (Å²) in [5.41, 5.74) is -2.95. The van der Waals surface area contributed by atoms with E-state index in [-0.39, 0.29) is 29.7 Å². The van der Waals surface area contributed by atoms with Gasteiger partial charge in [-0.25, -0.2) is 0 Å². The average Bonchev–Trinajstić information content (AvgIpc) is 3.74. The molecule has 3 saturated carbocycles. The lowest BCUT2D eigenvalue weighted by atomic mass is 9.54. The van der Waals surface area contributed by atoms with E-state index in [9.17, 15) is 39.6 Å². The first-order valence-corrected chi connectivity index (χ1v) is 16.8. The van der Waals surface area contributed by atoms with Gasteiger partial charge < -0.3 is 25.2 Å². The van der Waals surface area contributed by atoms with E-state index in [1.54, 1.807) is 19.1 Å². The van der Waals surface area contributed by atoms with E-state index in [4.69, 9.17) is 4.74 Å². The lowest BCUT2D eigenvalue weighted by Crippen LogP contribution is -2.64. The van der Waals surface area contributed by atoms with Gasteiger partial charge in [0, 0.05) is 36.7 Å². The van der Waals surface area contributed by atoms with Crippen molar-refractivity contribution in [3.05, 3.63) is 46.2 Å². The Morgan fingerprint density at radius 3 is 2.22 bits per heavy atom. The predicted molar refractivity (Wildman–Crippen MR) is 164 cm³/mol. The number of benzene rings is 1. The Balaban J connectivity index is 1.47. The first-order chi connectivity index (χ1) is 21.6. The van der Waals surface area contributed by atoms with Crippen LogP contribution in [0.1, 0.15) is 114 Å². The van der Waals surface area contributed by atoms with Gasteiger partial charge in [0.05, 0.1) is 5.56 Å². The van der Waals surface area contributed by atoms with E-state index in [0.717, 1.165) is 57.8 Å². The fourth-order valence-corrected chi connectivity index (χ4v) is 8.98. The molecule has 5 aliphatic rings. The number of rotatable bonds is 9.